The van der Waals surface area contributed by atoms with Gasteiger partial charge in [-0.3, -0.25) is 4.79 Å². The Kier molecular flexibility index (Phi) is 5.09. The predicted octanol–water partition coefficient (Wildman–Crippen LogP) is 4.51. The summed E-state index contributed by atoms with van der Waals surface area (Å²) < 4.78 is 0. The van der Waals surface area contributed by atoms with Crippen molar-refractivity contribution in [1.29, 1.82) is 0 Å². The van der Waals surface area contributed by atoms with Gasteiger partial charge in [-0.05, 0) is 36.8 Å². The molecule has 0 saturated heterocycles. The predicted molar refractivity (Wildman–Crippen MR) is 95.0 cm³/mol. The number of thioether (sulfide) groups is 1. The Morgan fingerprint density at radius 1 is 1.35 bits per heavy atom. The minimum absolute atomic E-state index is 0.101. The van der Waals surface area contributed by atoms with Crippen LogP contribution in [0.4, 0.5) is 5.82 Å². The summed E-state index contributed by atoms with van der Waals surface area (Å²) in [6, 6.07) is 5.62. The Balaban J connectivity index is 1.89. The van der Waals surface area contributed by atoms with Gasteiger partial charge < -0.3 is 5.32 Å². The SMILES string of the molecule is CSc1ncc(C(=O)Cc2c(Cl)cccc2Cl)c(NC2CC2)n1. The summed E-state index contributed by atoms with van der Waals surface area (Å²) in [6.45, 7) is 0. The summed E-state index contributed by atoms with van der Waals surface area (Å²) >= 11 is 13.8. The molecule has 0 amide bonds. The molecule has 1 fully saturated rings. The van der Waals surface area contributed by atoms with Crippen molar-refractivity contribution < 1.29 is 4.79 Å². The summed E-state index contributed by atoms with van der Waals surface area (Å²) in [4.78, 5) is 21.3. The van der Waals surface area contributed by atoms with E-state index in [0.29, 0.717) is 38.2 Å². The van der Waals surface area contributed by atoms with Gasteiger partial charge in [0.15, 0.2) is 10.9 Å². The summed E-state index contributed by atoms with van der Waals surface area (Å²) in [5, 5.41) is 4.92. The number of ketones is 1. The van der Waals surface area contributed by atoms with Crippen molar-refractivity contribution >= 4 is 46.6 Å². The van der Waals surface area contributed by atoms with Gasteiger partial charge in [-0.25, -0.2) is 9.97 Å². The number of nitrogens with one attached hydrogen (secondary N) is 1. The molecule has 120 valence electrons. The minimum Gasteiger partial charge on any atom is -0.367 e. The molecule has 1 aliphatic carbocycles. The van der Waals surface area contributed by atoms with E-state index in [1.54, 1.807) is 24.4 Å². The lowest BCUT2D eigenvalue weighted by Gasteiger charge is -2.11. The molecule has 1 aliphatic rings. The van der Waals surface area contributed by atoms with Crippen LogP contribution in [0.5, 0.6) is 0 Å². The molecule has 23 heavy (non-hydrogen) atoms. The highest BCUT2D eigenvalue weighted by Crippen LogP contribution is 2.29. The Hall–Kier alpha value is -1.30. The quantitative estimate of drug-likeness (QED) is 0.462. The molecular formula is C16H15Cl2N3OS. The zero-order valence-corrected chi connectivity index (χ0v) is 14.8. The molecular weight excluding hydrogens is 353 g/mol. The van der Waals surface area contributed by atoms with Crippen LogP contribution < -0.4 is 5.32 Å². The molecule has 0 atom stereocenters. The van der Waals surface area contributed by atoms with Gasteiger partial charge in [-0.15, -0.1) is 0 Å². The van der Waals surface area contributed by atoms with Gasteiger partial charge in [-0.1, -0.05) is 41.0 Å². The number of halogens is 2. The van der Waals surface area contributed by atoms with E-state index in [1.807, 2.05) is 6.26 Å². The fourth-order valence-electron chi connectivity index (χ4n) is 2.16. The second kappa shape index (κ2) is 7.07. The van der Waals surface area contributed by atoms with Crippen LogP contribution in [0.1, 0.15) is 28.8 Å². The molecule has 1 aromatic carbocycles. The van der Waals surface area contributed by atoms with E-state index >= 15 is 0 Å². The highest BCUT2D eigenvalue weighted by atomic mass is 35.5. The molecule has 0 radical (unpaired) electrons. The third-order valence-electron chi connectivity index (χ3n) is 3.57. The largest absolute Gasteiger partial charge is 0.367 e. The lowest BCUT2D eigenvalue weighted by Crippen LogP contribution is -2.13. The first-order valence-electron chi connectivity index (χ1n) is 7.22. The fourth-order valence-corrected chi connectivity index (χ4v) is 3.03. The lowest BCUT2D eigenvalue weighted by atomic mass is 10.0. The van der Waals surface area contributed by atoms with Crippen LogP contribution in [0.15, 0.2) is 29.6 Å². The van der Waals surface area contributed by atoms with Crippen LogP contribution in [0.2, 0.25) is 10.0 Å². The van der Waals surface area contributed by atoms with Crippen molar-refractivity contribution in [2.45, 2.75) is 30.5 Å². The van der Waals surface area contributed by atoms with Gasteiger partial charge in [0.2, 0.25) is 0 Å². The molecule has 7 heteroatoms. The molecule has 0 spiro atoms. The topological polar surface area (TPSA) is 54.9 Å². The Labute approximate surface area is 149 Å². The summed E-state index contributed by atoms with van der Waals surface area (Å²) in [5.74, 6) is 0.496. The number of rotatable bonds is 6. The Morgan fingerprint density at radius 3 is 2.65 bits per heavy atom. The van der Waals surface area contributed by atoms with Gasteiger partial charge in [0.1, 0.15) is 5.82 Å². The van der Waals surface area contributed by atoms with E-state index in [4.69, 9.17) is 23.2 Å². The molecule has 0 bridgehead atoms. The number of benzene rings is 1. The highest BCUT2D eigenvalue weighted by Gasteiger charge is 2.25. The maximum Gasteiger partial charge on any atom is 0.189 e. The maximum atomic E-state index is 12.7. The zero-order valence-electron chi connectivity index (χ0n) is 12.5. The first kappa shape index (κ1) is 16.6. The molecule has 1 saturated carbocycles. The molecule has 3 rings (SSSR count). The fraction of sp³-hybridized carbons (Fsp3) is 0.312. The van der Waals surface area contributed by atoms with E-state index in [0.717, 1.165) is 12.8 Å². The van der Waals surface area contributed by atoms with Gasteiger partial charge in [0.05, 0.1) is 5.56 Å². The van der Waals surface area contributed by atoms with Crippen molar-refractivity contribution in [3.05, 3.63) is 45.6 Å². The number of hydrogen-bond acceptors (Lipinski definition) is 5. The highest BCUT2D eigenvalue weighted by molar-refractivity contribution is 7.98. The van der Waals surface area contributed by atoms with Crippen molar-refractivity contribution in [3.8, 4) is 0 Å². The second-order valence-electron chi connectivity index (χ2n) is 5.34. The smallest absolute Gasteiger partial charge is 0.189 e. The van der Waals surface area contributed by atoms with Crippen LogP contribution in [-0.4, -0.2) is 28.0 Å². The van der Waals surface area contributed by atoms with E-state index < -0.39 is 0 Å². The molecule has 1 N–H and O–H groups in total. The maximum absolute atomic E-state index is 12.7. The van der Waals surface area contributed by atoms with Crippen LogP contribution in [0.25, 0.3) is 0 Å². The van der Waals surface area contributed by atoms with Crippen LogP contribution in [0, 0.1) is 0 Å². The number of carbonyl (C=O) groups excluding carboxylic acids is 1. The second-order valence-corrected chi connectivity index (χ2v) is 6.93. The molecule has 0 aliphatic heterocycles. The summed E-state index contributed by atoms with van der Waals surface area (Å²) in [6.07, 6.45) is 5.81. The van der Waals surface area contributed by atoms with Crippen LogP contribution >= 0.6 is 35.0 Å². The van der Waals surface area contributed by atoms with Gasteiger partial charge >= 0.3 is 0 Å². The molecule has 2 aromatic rings. The first-order valence-corrected chi connectivity index (χ1v) is 9.20. The number of aromatic nitrogens is 2. The minimum atomic E-state index is -0.101. The number of Topliss-reactive ketones (excluding diaryl/α,β-unsaturated/α-hetero) is 1. The molecule has 1 aromatic heterocycles. The zero-order chi connectivity index (χ0) is 16.4. The summed E-state index contributed by atoms with van der Waals surface area (Å²) in [7, 11) is 0. The molecule has 0 unspecified atom stereocenters. The monoisotopic (exact) mass is 367 g/mol. The average molecular weight is 368 g/mol. The van der Waals surface area contributed by atoms with E-state index in [2.05, 4.69) is 15.3 Å². The number of anilines is 1. The van der Waals surface area contributed by atoms with Crippen LogP contribution in [-0.2, 0) is 6.42 Å². The van der Waals surface area contributed by atoms with E-state index in [9.17, 15) is 4.79 Å². The number of nitrogens with zero attached hydrogens (tertiary/aromatic N) is 2. The van der Waals surface area contributed by atoms with Crippen molar-refractivity contribution in [2.24, 2.45) is 0 Å². The van der Waals surface area contributed by atoms with E-state index in [-0.39, 0.29) is 12.2 Å². The Morgan fingerprint density at radius 2 is 2.04 bits per heavy atom. The van der Waals surface area contributed by atoms with Crippen molar-refractivity contribution in [2.75, 3.05) is 11.6 Å². The van der Waals surface area contributed by atoms with Crippen LogP contribution in [0.3, 0.4) is 0 Å². The van der Waals surface area contributed by atoms with Crippen molar-refractivity contribution in [3.63, 3.8) is 0 Å². The molecule has 1 heterocycles. The third kappa shape index (κ3) is 3.97. The van der Waals surface area contributed by atoms with E-state index in [1.165, 1.54) is 11.8 Å². The first-order chi connectivity index (χ1) is 11.1. The summed E-state index contributed by atoms with van der Waals surface area (Å²) in [5.41, 5.74) is 1.11. The Bertz CT molecular complexity index is 730. The molecule has 4 nitrogen and oxygen atoms in total. The average Bonchev–Trinajstić information content (AvgIpc) is 3.34. The number of carbonyl (C=O) groups is 1. The van der Waals surface area contributed by atoms with Gasteiger partial charge in [0, 0.05) is 28.7 Å². The standard InChI is InChI=1S/C16H15Cl2N3OS/c1-23-16-19-8-11(15(21-16)20-9-5-6-9)14(22)7-10-12(17)3-2-4-13(10)18/h2-4,8-9H,5-7H2,1H3,(H,19,20,21). The van der Waals surface area contributed by atoms with Gasteiger partial charge in [-0.2, -0.15) is 0 Å². The normalized spacial score (nSPS) is 13.9. The lowest BCUT2D eigenvalue weighted by molar-refractivity contribution is 0.0993. The third-order valence-corrected chi connectivity index (χ3v) is 4.84. The van der Waals surface area contributed by atoms with Gasteiger partial charge in [0.25, 0.3) is 0 Å². The number of hydrogen-bond donors (Lipinski definition) is 1. The van der Waals surface area contributed by atoms with Crippen molar-refractivity contribution in [1.82, 2.24) is 9.97 Å².